The fraction of sp³-hybridized carbons (Fsp3) is 1.00. The van der Waals surface area contributed by atoms with Crippen molar-refractivity contribution in [1.29, 1.82) is 0 Å². The number of rotatable bonds is 11. The normalized spacial score (nSPS) is 16.2. The van der Waals surface area contributed by atoms with Gasteiger partial charge in [0.15, 0.2) is 0 Å². The number of ether oxygens (including phenoxy) is 4. The van der Waals surface area contributed by atoms with Crippen LogP contribution in [0.4, 0.5) is 30.7 Å². The third-order valence-electron chi connectivity index (χ3n) is 3.23. The van der Waals surface area contributed by atoms with Gasteiger partial charge in [0, 0.05) is 14.2 Å². The molecule has 0 radical (unpaired) electrons. The lowest BCUT2D eigenvalue weighted by Gasteiger charge is -2.40. The molecule has 0 aliphatic heterocycles. The number of alkyl halides is 7. The summed E-state index contributed by atoms with van der Waals surface area (Å²) < 4.78 is 113. The maximum atomic E-state index is 14.2. The first-order valence-electron chi connectivity index (χ1n) is 7.10. The Bertz CT molecular complexity index is 427. The average Bonchev–Trinajstić information content (AvgIpc) is 2.34. The third-order valence-corrected chi connectivity index (χ3v) is 3.23. The summed E-state index contributed by atoms with van der Waals surface area (Å²) in [5, 5.41) is 0. The summed E-state index contributed by atoms with van der Waals surface area (Å²) in [4.78, 5) is 0. The van der Waals surface area contributed by atoms with Crippen LogP contribution in [0.3, 0.4) is 0 Å². The minimum Gasteiger partial charge on any atom is -0.378 e. The van der Waals surface area contributed by atoms with Crippen LogP contribution in [0.5, 0.6) is 0 Å². The van der Waals surface area contributed by atoms with E-state index in [1.54, 1.807) is 0 Å². The Labute approximate surface area is 141 Å². The van der Waals surface area contributed by atoms with E-state index in [-0.39, 0.29) is 0 Å². The highest BCUT2D eigenvalue weighted by atomic mass is 19.3. The Hall–Kier alpha value is -0.650. The van der Waals surface area contributed by atoms with Crippen LogP contribution in [0.1, 0.15) is 27.7 Å². The van der Waals surface area contributed by atoms with Gasteiger partial charge in [-0.1, -0.05) is 0 Å². The summed E-state index contributed by atoms with van der Waals surface area (Å²) in [6.07, 6.45) is -12.4. The van der Waals surface area contributed by atoms with Crippen LogP contribution in [0.25, 0.3) is 0 Å². The molecule has 0 aliphatic carbocycles. The summed E-state index contributed by atoms with van der Waals surface area (Å²) in [5.74, 6) is -3.91. The van der Waals surface area contributed by atoms with Crippen molar-refractivity contribution >= 4 is 0 Å². The molecule has 0 aromatic carbocycles. The van der Waals surface area contributed by atoms with Crippen molar-refractivity contribution < 1.29 is 49.7 Å². The Morgan fingerprint density at radius 1 is 0.760 bits per heavy atom. The topological polar surface area (TPSA) is 36.9 Å². The van der Waals surface area contributed by atoms with Gasteiger partial charge in [-0.3, -0.25) is 0 Å². The molecule has 0 rings (SSSR count). The van der Waals surface area contributed by atoms with Gasteiger partial charge in [-0.05, 0) is 27.7 Å². The third kappa shape index (κ3) is 6.54. The van der Waals surface area contributed by atoms with Crippen LogP contribution < -0.4 is 0 Å². The van der Waals surface area contributed by atoms with Crippen molar-refractivity contribution in [3.8, 4) is 0 Å². The molecule has 0 saturated carbocycles. The molecule has 0 bridgehead atoms. The van der Waals surface area contributed by atoms with E-state index in [9.17, 15) is 30.7 Å². The highest BCUT2D eigenvalue weighted by Crippen LogP contribution is 2.42. The Morgan fingerprint density at radius 2 is 1.20 bits per heavy atom. The highest BCUT2D eigenvalue weighted by Gasteiger charge is 2.60. The molecule has 0 saturated heterocycles. The van der Waals surface area contributed by atoms with Gasteiger partial charge in [-0.25, -0.2) is 13.2 Å². The zero-order valence-corrected chi connectivity index (χ0v) is 14.8. The van der Waals surface area contributed by atoms with Gasteiger partial charge in [0.25, 0.3) is 5.92 Å². The lowest BCUT2D eigenvalue weighted by atomic mass is 9.98. The molecular weight excluding hydrogens is 365 g/mol. The Kier molecular flexibility index (Phi) is 7.72. The first-order chi connectivity index (χ1) is 10.9. The molecule has 0 aliphatic rings. The monoisotopic (exact) mass is 388 g/mol. The van der Waals surface area contributed by atoms with Crippen molar-refractivity contribution in [1.82, 2.24) is 0 Å². The van der Waals surface area contributed by atoms with Gasteiger partial charge in [0.05, 0.1) is 0 Å². The van der Waals surface area contributed by atoms with Crippen LogP contribution in [0.15, 0.2) is 0 Å². The van der Waals surface area contributed by atoms with Gasteiger partial charge < -0.3 is 18.9 Å². The highest BCUT2D eigenvalue weighted by molar-refractivity contribution is 4.93. The minimum atomic E-state index is -4.85. The summed E-state index contributed by atoms with van der Waals surface area (Å²) in [5.41, 5.74) is -5.64. The molecule has 152 valence electrons. The maximum Gasteiger partial charge on any atom is 0.390 e. The van der Waals surface area contributed by atoms with Crippen molar-refractivity contribution in [3.63, 3.8) is 0 Å². The molecular formula is C14H23F7O4. The lowest BCUT2D eigenvalue weighted by Crippen LogP contribution is -2.58. The van der Waals surface area contributed by atoms with E-state index in [1.807, 2.05) is 0 Å². The second kappa shape index (κ2) is 7.93. The molecule has 11 heteroatoms. The second-order valence-corrected chi connectivity index (χ2v) is 6.45. The Balaban J connectivity index is 5.36. The van der Waals surface area contributed by atoms with Gasteiger partial charge >= 0.3 is 12.2 Å². The molecule has 0 amide bonds. The number of hydrogen-bond donors (Lipinski definition) is 0. The molecule has 0 aromatic rings. The van der Waals surface area contributed by atoms with Gasteiger partial charge in [0.2, 0.25) is 6.17 Å². The van der Waals surface area contributed by atoms with Crippen molar-refractivity contribution in [2.45, 2.75) is 63.2 Å². The van der Waals surface area contributed by atoms with Crippen LogP contribution in [-0.4, -0.2) is 62.9 Å². The van der Waals surface area contributed by atoms with Crippen molar-refractivity contribution in [2.24, 2.45) is 0 Å². The lowest BCUT2D eigenvalue weighted by molar-refractivity contribution is -0.389. The Morgan fingerprint density at radius 3 is 1.60 bits per heavy atom. The molecule has 1 unspecified atom stereocenters. The summed E-state index contributed by atoms with van der Waals surface area (Å²) >= 11 is 0. The molecule has 4 nitrogen and oxygen atoms in total. The predicted octanol–water partition coefficient (Wildman–Crippen LogP) is 4.03. The number of methoxy groups -OCH3 is 2. The average molecular weight is 388 g/mol. The standard InChI is InChI=1S/C14H23F7O4/c1-10(2,24-13(18,19)8-23-6)9(15)14(20,21)25-11(3,4)12(16,17)7-22-5/h9H,7-8H2,1-6H3. The molecule has 0 heterocycles. The second-order valence-electron chi connectivity index (χ2n) is 6.45. The first kappa shape index (κ1) is 24.4. The molecule has 25 heavy (non-hydrogen) atoms. The van der Waals surface area contributed by atoms with E-state index >= 15 is 0 Å². The quantitative estimate of drug-likeness (QED) is 0.501. The number of hydrogen-bond acceptors (Lipinski definition) is 4. The van der Waals surface area contributed by atoms with Crippen molar-refractivity contribution in [2.75, 3.05) is 27.4 Å². The predicted molar refractivity (Wildman–Crippen MR) is 73.8 cm³/mol. The maximum absolute atomic E-state index is 14.2. The van der Waals surface area contributed by atoms with E-state index in [1.165, 1.54) is 0 Å². The van der Waals surface area contributed by atoms with E-state index in [2.05, 4.69) is 18.9 Å². The van der Waals surface area contributed by atoms with E-state index < -0.39 is 48.7 Å². The molecule has 0 spiro atoms. The minimum absolute atomic E-state index is 0.597. The van der Waals surface area contributed by atoms with E-state index in [4.69, 9.17) is 0 Å². The molecule has 1 atom stereocenters. The summed E-state index contributed by atoms with van der Waals surface area (Å²) in [6, 6.07) is 0. The van der Waals surface area contributed by atoms with Gasteiger partial charge in [-0.15, -0.1) is 0 Å². The fourth-order valence-corrected chi connectivity index (χ4v) is 1.86. The zero-order valence-electron chi connectivity index (χ0n) is 14.8. The largest absolute Gasteiger partial charge is 0.390 e. The summed E-state index contributed by atoms with van der Waals surface area (Å²) in [7, 11) is 1.81. The smallest absolute Gasteiger partial charge is 0.378 e. The molecule has 0 fully saturated rings. The molecule has 0 N–H and O–H groups in total. The molecule has 0 aromatic heterocycles. The van der Waals surface area contributed by atoms with E-state index in [0.29, 0.717) is 27.7 Å². The van der Waals surface area contributed by atoms with Crippen LogP contribution in [0.2, 0.25) is 0 Å². The first-order valence-corrected chi connectivity index (χ1v) is 7.10. The zero-order chi connectivity index (χ0) is 20.3. The van der Waals surface area contributed by atoms with Gasteiger partial charge in [-0.2, -0.15) is 17.6 Å². The van der Waals surface area contributed by atoms with Crippen LogP contribution >= 0.6 is 0 Å². The summed E-state index contributed by atoms with van der Waals surface area (Å²) in [6.45, 7) is -0.163. The van der Waals surface area contributed by atoms with Gasteiger partial charge in [0.1, 0.15) is 24.4 Å². The fourth-order valence-electron chi connectivity index (χ4n) is 1.86. The van der Waals surface area contributed by atoms with Crippen molar-refractivity contribution in [3.05, 3.63) is 0 Å². The SMILES string of the molecule is COCC(F)(F)OC(C)(C)C(F)C(F)(F)OC(C)(C)C(F)(F)COC. The van der Waals surface area contributed by atoms with Crippen LogP contribution in [-0.2, 0) is 18.9 Å². The van der Waals surface area contributed by atoms with Crippen LogP contribution in [0, 0.1) is 0 Å². The number of halogens is 7. The van der Waals surface area contributed by atoms with E-state index in [0.717, 1.165) is 14.2 Å².